The lowest BCUT2D eigenvalue weighted by atomic mass is 9.97. The molecule has 0 amide bonds. The van der Waals surface area contributed by atoms with E-state index in [9.17, 15) is 13.2 Å². The van der Waals surface area contributed by atoms with E-state index in [-0.39, 0.29) is 11.7 Å². The molecular weight excluding hydrogens is 279 g/mol. The van der Waals surface area contributed by atoms with Gasteiger partial charge in [-0.25, -0.2) is 13.2 Å². The topological polar surface area (TPSA) is 21.3 Å². The second-order valence-electron chi connectivity index (χ2n) is 5.02. The highest BCUT2D eigenvalue weighted by Crippen LogP contribution is 2.35. The van der Waals surface area contributed by atoms with Crippen molar-refractivity contribution in [2.75, 3.05) is 7.05 Å². The molecule has 0 aromatic heterocycles. The third-order valence-corrected chi connectivity index (χ3v) is 3.73. The summed E-state index contributed by atoms with van der Waals surface area (Å²) in [5.41, 5.74) is 1.08. The molecule has 3 rings (SSSR count). The van der Waals surface area contributed by atoms with E-state index in [2.05, 4.69) is 5.32 Å². The molecule has 1 heterocycles. The van der Waals surface area contributed by atoms with E-state index < -0.39 is 23.5 Å². The number of halogens is 3. The van der Waals surface area contributed by atoms with Crippen LogP contribution < -0.4 is 10.1 Å². The van der Waals surface area contributed by atoms with Crippen molar-refractivity contribution in [2.45, 2.75) is 18.6 Å². The van der Waals surface area contributed by atoms with Crippen LogP contribution in [-0.4, -0.2) is 13.2 Å². The van der Waals surface area contributed by atoms with Gasteiger partial charge in [0.2, 0.25) is 0 Å². The van der Waals surface area contributed by atoms with Gasteiger partial charge in [0.15, 0.2) is 11.6 Å². The Morgan fingerprint density at radius 2 is 1.81 bits per heavy atom. The molecule has 2 unspecified atom stereocenters. The molecule has 1 aliphatic rings. The zero-order chi connectivity index (χ0) is 15.0. The monoisotopic (exact) mass is 293 g/mol. The zero-order valence-corrected chi connectivity index (χ0v) is 11.4. The highest BCUT2D eigenvalue weighted by Gasteiger charge is 2.32. The Bertz CT molecular complexity index is 650. The third-order valence-electron chi connectivity index (χ3n) is 3.73. The maximum atomic E-state index is 13.9. The van der Waals surface area contributed by atoms with Gasteiger partial charge in [0.05, 0.1) is 6.04 Å². The summed E-state index contributed by atoms with van der Waals surface area (Å²) in [6.45, 7) is 0. The summed E-state index contributed by atoms with van der Waals surface area (Å²) in [6.07, 6.45) is 0.215. The van der Waals surface area contributed by atoms with E-state index in [1.165, 1.54) is 0 Å². The van der Waals surface area contributed by atoms with E-state index >= 15 is 0 Å². The molecule has 2 aromatic rings. The first-order chi connectivity index (χ1) is 10.1. The van der Waals surface area contributed by atoms with E-state index in [0.717, 1.165) is 17.4 Å². The Kier molecular flexibility index (Phi) is 3.59. The Morgan fingerprint density at radius 1 is 1.10 bits per heavy atom. The fourth-order valence-corrected chi connectivity index (χ4v) is 2.71. The van der Waals surface area contributed by atoms with Crippen LogP contribution in [0.2, 0.25) is 0 Å². The summed E-state index contributed by atoms with van der Waals surface area (Å²) in [6, 6.07) is 8.42. The zero-order valence-electron chi connectivity index (χ0n) is 11.4. The molecule has 21 heavy (non-hydrogen) atoms. The van der Waals surface area contributed by atoms with Crippen molar-refractivity contribution >= 4 is 0 Å². The molecule has 0 radical (unpaired) electrons. The molecule has 0 spiro atoms. The Balaban J connectivity index is 1.92. The molecule has 2 atom stereocenters. The van der Waals surface area contributed by atoms with Gasteiger partial charge in [0.1, 0.15) is 17.7 Å². The van der Waals surface area contributed by atoms with Gasteiger partial charge in [-0.2, -0.15) is 0 Å². The maximum absolute atomic E-state index is 13.9. The molecule has 0 bridgehead atoms. The average Bonchev–Trinajstić information content (AvgIpc) is 2.88. The van der Waals surface area contributed by atoms with Crippen LogP contribution in [0.4, 0.5) is 13.2 Å². The van der Waals surface area contributed by atoms with Gasteiger partial charge in [0.25, 0.3) is 0 Å². The van der Waals surface area contributed by atoms with Crippen LogP contribution >= 0.6 is 0 Å². The normalized spacial score (nSPS) is 18.2. The average molecular weight is 293 g/mol. The number of fused-ring (bicyclic) bond motifs is 1. The van der Waals surface area contributed by atoms with Crippen molar-refractivity contribution < 1.29 is 17.9 Å². The summed E-state index contributed by atoms with van der Waals surface area (Å²) >= 11 is 0. The minimum absolute atomic E-state index is 0.0641. The predicted octanol–water partition coefficient (Wildman–Crippen LogP) is 3.37. The number of hydrogen-bond donors (Lipinski definition) is 1. The van der Waals surface area contributed by atoms with Crippen molar-refractivity contribution in [3.8, 4) is 5.75 Å². The number of benzene rings is 2. The summed E-state index contributed by atoms with van der Waals surface area (Å²) < 4.78 is 46.2. The molecule has 2 aromatic carbocycles. The molecular formula is C16H14F3NO. The van der Waals surface area contributed by atoms with Crippen LogP contribution in [0.5, 0.6) is 5.75 Å². The second-order valence-corrected chi connectivity index (χ2v) is 5.02. The predicted molar refractivity (Wildman–Crippen MR) is 72.7 cm³/mol. The van der Waals surface area contributed by atoms with Crippen molar-refractivity contribution in [1.82, 2.24) is 5.32 Å². The Morgan fingerprint density at radius 3 is 2.52 bits per heavy atom. The molecule has 5 heteroatoms. The Hall–Kier alpha value is -2.01. The van der Waals surface area contributed by atoms with Crippen molar-refractivity contribution in [1.29, 1.82) is 0 Å². The van der Waals surface area contributed by atoms with Gasteiger partial charge in [-0.15, -0.1) is 0 Å². The molecule has 1 N–H and O–H groups in total. The molecule has 0 saturated carbocycles. The van der Waals surface area contributed by atoms with E-state index in [1.807, 2.05) is 24.3 Å². The number of nitrogens with one attached hydrogen (secondary N) is 1. The fraction of sp³-hybridized carbons (Fsp3) is 0.250. The molecule has 0 aliphatic carbocycles. The van der Waals surface area contributed by atoms with Crippen molar-refractivity contribution in [3.05, 3.63) is 65.0 Å². The lowest BCUT2D eigenvalue weighted by Crippen LogP contribution is -2.33. The number of ether oxygens (including phenoxy) is 1. The number of para-hydroxylation sites is 1. The number of hydrogen-bond acceptors (Lipinski definition) is 2. The highest BCUT2D eigenvalue weighted by molar-refractivity contribution is 5.39. The summed E-state index contributed by atoms with van der Waals surface area (Å²) in [5, 5.41) is 2.93. The van der Waals surface area contributed by atoms with Gasteiger partial charge in [-0.1, -0.05) is 18.2 Å². The van der Waals surface area contributed by atoms with Gasteiger partial charge >= 0.3 is 0 Å². The molecule has 0 fully saturated rings. The van der Waals surface area contributed by atoms with Gasteiger partial charge in [0, 0.05) is 18.1 Å². The van der Waals surface area contributed by atoms with Gasteiger partial charge in [-0.3, -0.25) is 0 Å². The molecule has 1 aliphatic heterocycles. The quantitative estimate of drug-likeness (QED) is 0.876. The standard InChI is InChI=1S/C16H14F3NO/c1-20-16(10-7-12(18)13(19)8-11(10)17)15-6-9-4-2-3-5-14(9)21-15/h2-5,7-8,15-16,20H,6H2,1H3. The summed E-state index contributed by atoms with van der Waals surface area (Å²) in [5.74, 6) is -2.30. The third kappa shape index (κ3) is 2.49. The van der Waals surface area contributed by atoms with Crippen LogP contribution in [0.3, 0.4) is 0 Å². The van der Waals surface area contributed by atoms with E-state index in [0.29, 0.717) is 12.5 Å². The highest BCUT2D eigenvalue weighted by atomic mass is 19.2. The molecule has 110 valence electrons. The van der Waals surface area contributed by atoms with Crippen LogP contribution in [0.15, 0.2) is 36.4 Å². The van der Waals surface area contributed by atoms with E-state index in [1.54, 1.807) is 7.05 Å². The van der Waals surface area contributed by atoms with Crippen LogP contribution in [0, 0.1) is 17.5 Å². The summed E-state index contributed by atoms with van der Waals surface area (Å²) in [7, 11) is 1.64. The van der Waals surface area contributed by atoms with Crippen LogP contribution in [0.25, 0.3) is 0 Å². The first-order valence-corrected chi connectivity index (χ1v) is 6.66. The maximum Gasteiger partial charge on any atom is 0.161 e. The lowest BCUT2D eigenvalue weighted by molar-refractivity contribution is 0.181. The fourth-order valence-electron chi connectivity index (χ4n) is 2.71. The van der Waals surface area contributed by atoms with E-state index in [4.69, 9.17) is 4.74 Å². The van der Waals surface area contributed by atoms with Crippen molar-refractivity contribution in [2.24, 2.45) is 0 Å². The van der Waals surface area contributed by atoms with Gasteiger partial charge in [-0.05, 0) is 24.7 Å². The summed E-state index contributed by atoms with van der Waals surface area (Å²) in [4.78, 5) is 0. The Labute approximate surface area is 120 Å². The first kappa shape index (κ1) is 13.9. The minimum Gasteiger partial charge on any atom is -0.488 e. The number of likely N-dealkylation sites (N-methyl/N-ethyl adjacent to an activating group) is 1. The SMILES string of the molecule is CNC(c1cc(F)c(F)cc1F)C1Cc2ccccc2O1. The van der Waals surface area contributed by atoms with Crippen LogP contribution in [0.1, 0.15) is 17.2 Å². The smallest absolute Gasteiger partial charge is 0.161 e. The van der Waals surface area contributed by atoms with Gasteiger partial charge < -0.3 is 10.1 Å². The second kappa shape index (κ2) is 5.41. The van der Waals surface area contributed by atoms with Crippen LogP contribution in [-0.2, 0) is 6.42 Å². The molecule has 2 nitrogen and oxygen atoms in total. The largest absolute Gasteiger partial charge is 0.488 e. The lowest BCUT2D eigenvalue weighted by Gasteiger charge is -2.23. The van der Waals surface area contributed by atoms with Crippen molar-refractivity contribution in [3.63, 3.8) is 0 Å². The molecule has 0 saturated heterocycles. The minimum atomic E-state index is -1.19. The first-order valence-electron chi connectivity index (χ1n) is 6.66. The number of rotatable bonds is 3.